The van der Waals surface area contributed by atoms with Crippen molar-refractivity contribution in [2.45, 2.75) is 33.7 Å². The molecule has 92 valence electrons. The Morgan fingerprint density at radius 1 is 1.47 bits per heavy atom. The molecule has 0 amide bonds. The SMILES string of the molecule is CCNc1nccn1C(C)c1cc(C)sc1C. The molecule has 0 bridgehead atoms. The molecule has 1 atom stereocenters. The van der Waals surface area contributed by atoms with Crippen molar-refractivity contribution < 1.29 is 0 Å². The lowest BCUT2D eigenvalue weighted by Gasteiger charge is -2.16. The highest BCUT2D eigenvalue weighted by atomic mass is 32.1. The monoisotopic (exact) mass is 249 g/mol. The van der Waals surface area contributed by atoms with Crippen molar-refractivity contribution in [1.29, 1.82) is 0 Å². The van der Waals surface area contributed by atoms with Crippen molar-refractivity contribution in [2.75, 3.05) is 11.9 Å². The highest BCUT2D eigenvalue weighted by Gasteiger charge is 2.15. The van der Waals surface area contributed by atoms with Gasteiger partial charge in [0.05, 0.1) is 6.04 Å². The van der Waals surface area contributed by atoms with Gasteiger partial charge in [-0.15, -0.1) is 11.3 Å². The molecule has 0 saturated carbocycles. The van der Waals surface area contributed by atoms with Crippen LogP contribution in [0.4, 0.5) is 5.95 Å². The molecule has 2 rings (SSSR count). The van der Waals surface area contributed by atoms with Gasteiger partial charge in [0, 0.05) is 28.7 Å². The molecule has 1 N–H and O–H groups in total. The molecule has 0 spiro atoms. The van der Waals surface area contributed by atoms with Crippen LogP contribution in [0, 0.1) is 13.8 Å². The Morgan fingerprint density at radius 3 is 2.82 bits per heavy atom. The zero-order valence-electron chi connectivity index (χ0n) is 10.8. The number of imidazole rings is 1. The number of hydrogen-bond donors (Lipinski definition) is 1. The van der Waals surface area contributed by atoms with E-state index < -0.39 is 0 Å². The minimum absolute atomic E-state index is 0.330. The van der Waals surface area contributed by atoms with Crippen molar-refractivity contribution in [2.24, 2.45) is 0 Å². The molecule has 0 saturated heterocycles. The topological polar surface area (TPSA) is 29.9 Å². The first kappa shape index (κ1) is 12.2. The zero-order valence-corrected chi connectivity index (χ0v) is 11.6. The molecule has 17 heavy (non-hydrogen) atoms. The standard InChI is InChI=1S/C13H19N3S/c1-5-14-13-15-6-7-16(13)10(3)12-8-9(2)17-11(12)4/h6-8,10H,5H2,1-4H3,(H,14,15). The summed E-state index contributed by atoms with van der Waals surface area (Å²) in [7, 11) is 0. The van der Waals surface area contributed by atoms with Gasteiger partial charge in [0.25, 0.3) is 0 Å². The molecule has 0 aliphatic rings. The lowest BCUT2D eigenvalue weighted by Crippen LogP contribution is -2.11. The van der Waals surface area contributed by atoms with E-state index in [-0.39, 0.29) is 0 Å². The van der Waals surface area contributed by atoms with Gasteiger partial charge in [-0.25, -0.2) is 4.98 Å². The third-order valence-corrected chi connectivity index (χ3v) is 3.93. The number of rotatable bonds is 4. The molecule has 0 aromatic carbocycles. The fourth-order valence-electron chi connectivity index (χ4n) is 2.14. The molecule has 0 aliphatic heterocycles. The molecular formula is C13H19N3S. The smallest absolute Gasteiger partial charge is 0.203 e. The summed E-state index contributed by atoms with van der Waals surface area (Å²) in [5.41, 5.74) is 1.39. The summed E-state index contributed by atoms with van der Waals surface area (Å²) >= 11 is 1.86. The first-order valence-electron chi connectivity index (χ1n) is 5.97. The van der Waals surface area contributed by atoms with E-state index in [1.165, 1.54) is 15.3 Å². The number of nitrogens with one attached hydrogen (secondary N) is 1. The highest BCUT2D eigenvalue weighted by Crippen LogP contribution is 2.30. The average Bonchev–Trinajstić information content (AvgIpc) is 2.85. The summed E-state index contributed by atoms with van der Waals surface area (Å²) in [6, 6.07) is 2.61. The molecule has 3 nitrogen and oxygen atoms in total. The maximum absolute atomic E-state index is 4.34. The van der Waals surface area contributed by atoms with Crippen LogP contribution in [0.25, 0.3) is 0 Å². The van der Waals surface area contributed by atoms with Gasteiger partial charge in [0.2, 0.25) is 5.95 Å². The Kier molecular flexibility index (Phi) is 3.52. The number of hydrogen-bond acceptors (Lipinski definition) is 3. The summed E-state index contributed by atoms with van der Waals surface area (Å²) in [6.07, 6.45) is 3.89. The lowest BCUT2D eigenvalue weighted by atomic mass is 10.1. The quantitative estimate of drug-likeness (QED) is 0.897. The maximum Gasteiger partial charge on any atom is 0.203 e. The van der Waals surface area contributed by atoms with Crippen molar-refractivity contribution in [3.05, 3.63) is 33.8 Å². The van der Waals surface area contributed by atoms with Crippen LogP contribution in [0.5, 0.6) is 0 Å². The lowest BCUT2D eigenvalue weighted by molar-refractivity contribution is 0.643. The Balaban J connectivity index is 2.33. The van der Waals surface area contributed by atoms with E-state index in [1.807, 2.05) is 23.7 Å². The van der Waals surface area contributed by atoms with Crippen LogP contribution in [0.1, 0.15) is 35.2 Å². The molecular weight excluding hydrogens is 230 g/mol. The van der Waals surface area contributed by atoms with Crippen LogP contribution in [0.15, 0.2) is 18.5 Å². The minimum atomic E-state index is 0.330. The van der Waals surface area contributed by atoms with Crippen molar-refractivity contribution in [3.8, 4) is 0 Å². The van der Waals surface area contributed by atoms with Crippen LogP contribution < -0.4 is 5.32 Å². The number of thiophene rings is 1. The molecule has 2 aromatic rings. The van der Waals surface area contributed by atoms with Crippen molar-refractivity contribution >= 4 is 17.3 Å². The Morgan fingerprint density at radius 2 is 2.24 bits per heavy atom. The largest absolute Gasteiger partial charge is 0.356 e. The highest BCUT2D eigenvalue weighted by molar-refractivity contribution is 7.12. The van der Waals surface area contributed by atoms with E-state index in [4.69, 9.17) is 0 Å². The normalized spacial score (nSPS) is 12.7. The van der Waals surface area contributed by atoms with E-state index in [1.54, 1.807) is 0 Å². The molecule has 0 radical (unpaired) electrons. The average molecular weight is 249 g/mol. The second-order valence-electron chi connectivity index (χ2n) is 4.23. The molecule has 1 unspecified atom stereocenters. The van der Waals surface area contributed by atoms with Gasteiger partial charge in [-0.1, -0.05) is 0 Å². The fraction of sp³-hybridized carbons (Fsp3) is 0.462. The summed E-state index contributed by atoms with van der Waals surface area (Å²) in [5, 5.41) is 3.29. The zero-order chi connectivity index (χ0) is 12.4. The van der Waals surface area contributed by atoms with Crippen LogP contribution >= 0.6 is 11.3 Å². The third kappa shape index (κ3) is 2.36. The summed E-state index contributed by atoms with van der Waals surface area (Å²) in [5.74, 6) is 0.947. The van der Waals surface area contributed by atoms with Crippen LogP contribution in [-0.4, -0.2) is 16.1 Å². The fourth-order valence-corrected chi connectivity index (χ4v) is 3.15. The molecule has 2 aromatic heterocycles. The molecule has 0 fully saturated rings. The van der Waals surface area contributed by atoms with E-state index in [0.29, 0.717) is 6.04 Å². The third-order valence-electron chi connectivity index (χ3n) is 2.95. The van der Waals surface area contributed by atoms with Crippen LogP contribution in [0.2, 0.25) is 0 Å². The number of aryl methyl sites for hydroxylation is 2. The van der Waals surface area contributed by atoms with E-state index in [9.17, 15) is 0 Å². The van der Waals surface area contributed by atoms with Gasteiger partial charge in [-0.2, -0.15) is 0 Å². The maximum atomic E-state index is 4.34. The van der Waals surface area contributed by atoms with Gasteiger partial charge >= 0.3 is 0 Å². The van der Waals surface area contributed by atoms with E-state index in [0.717, 1.165) is 12.5 Å². The van der Waals surface area contributed by atoms with Crippen molar-refractivity contribution in [1.82, 2.24) is 9.55 Å². The van der Waals surface area contributed by atoms with E-state index >= 15 is 0 Å². The summed E-state index contributed by atoms with van der Waals surface area (Å²) in [4.78, 5) is 7.11. The second-order valence-corrected chi connectivity index (χ2v) is 5.69. The Labute approximate surface area is 107 Å². The molecule has 4 heteroatoms. The predicted molar refractivity (Wildman–Crippen MR) is 74.0 cm³/mol. The van der Waals surface area contributed by atoms with Crippen LogP contribution in [-0.2, 0) is 0 Å². The van der Waals surface area contributed by atoms with E-state index in [2.05, 4.69) is 48.6 Å². The molecule has 2 heterocycles. The minimum Gasteiger partial charge on any atom is -0.356 e. The Hall–Kier alpha value is -1.29. The number of anilines is 1. The predicted octanol–water partition coefficient (Wildman–Crippen LogP) is 3.60. The van der Waals surface area contributed by atoms with Gasteiger partial charge < -0.3 is 9.88 Å². The second kappa shape index (κ2) is 4.92. The Bertz CT molecular complexity index is 498. The molecule has 0 aliphatic carbocycles. The summed E-state index contributed by atoms with van der Waals surface area (Å²) < 4.78 is 2.19. The van der Waals surface area contributed by atoms with Gasteiger partial charge in [0.1, 0.15) is 0 Å². The van der Waals surface area contributed by atoms with Crippen molar-refractivity contribution in [3.63, 3.8) is 0 Å². The number of aromatic nitrogens is 2. The summed E-state index contributed by atoms with van der Waals surface area (Å²) in [6.45, 7) is 9.55. The van der Waals surface area contributed by atoms with Gasteiger partial charge in [-0.05, 0) is 39.3 Å². The van der Waals surface area contributed by atoms with Crippen LogP contribution in [0.3, 0.4) is 0 Å². The van der Waals surface area contributed by atoms with Gasteiger partial charge in [0.15, 0.2) is 0 Å². The van der Waals surface area contributed by atoms with Gasteiger partial charge in [-0.3, -0.25) is 0 Å². The first-order valence-corrected chi connectivity index (χ1v) is 6.78. The number of nitrogens with zero attached hydrogens (tertiary/aromatic N) is 2. The first-order chi connectivity index (χ1) is 8.13.